The number of rotatable bonds is 8. The number of carboxylic acid groups (broad SMARTS) is 1. The van der Waals surface area contributed by atoms with E-state index in [-0.39, 0.29) is 17.7 Å². The molecule has 0 aromatic heterocycles. The highest BCUT2D eigenvalue weighted by Crippen LogP contribution is 2.19. The Kier molecular flexibility index (Phi) is 6.49. The summed E-state index contributed by atoms with van der Waals surface area (Å²) in [6.45, 7) is 3.91. The van der Waals surface area contributed by atoms with Gasteiger partial charge in [-0.15, -0.1) is 0 Å². The van der Waals surface area contributed by atoms with Gasteiger partial charge < -0.3 is 15.5 Å². The van der Waals surface area contributed by atoms with Crippen LogP contribution < -0.4 is 5.32 Å². The Morgan fingerprint density at radius 2 is 1.82 bits per heavy atom. The van der Waals surface area contributed by atoms with E-state index in [9.17, 15) is 19.1 Å². The summed E-state index contributed by atoms with van der Waals surface area (Å²) in [6.07, 6.45) is 2.63. The average Bonchev–Trinajstić information content (AvgIpc) is 2.45. The molecule has 122 valence electrons. The minimum absolute atomic E-state index is 0.0354. The second-order valence-corrected chi connectivity index (χ2v) is 5.41. The molecule has 5 nitrogen and oxygen atoms in total. The van der Waals surface area contributed by atoms with Crippen molar-refractivity contribution >= 4 is 11.9 Å². The zero-order valence-corrected chi connectivity index (χ0v) is 12.9. The van der Waals surface area contributed by atoms with Crippen LogP contribution >= 0.6 is 0 Å². The van der Waals surface area contributed by atoms with Crippen LogP contribution in [0.4, 0.5) is 4.39 Å². The van der Waals surface area contributed by atoms with E-state index in [4.69, 9.17) is 5.11 Å². The Morgan fingerprint density at radius 1 is 1.23 bits per heavy atom. The first kappa shape index (κ1) is 18.1. The molecule has 3 N–H and O–H groups in total. The maximum atomic E-state index is 13.8. The molecule has 1 amide bonds. The molecule has 0 saturated heterocycles. The highest BCUT2D eigenvalue weighted by molar-refractivity contribution is 5.96. The third kappa shape index (κ3) is 4.80. The summed E-state index contributed by atoms with van der Waals surface area (Å²) in [4.78, 5) is 22.7. The number of aliphatic hydroxyl groups is 1. The van der Waals surface area contributed by atoms with Gasteiger partial charge in [-0.1, -0.05) is 26.7 Å². The molecule has 0 aliphatic heterocycles. The number of carboxylic acids is 1. The normalized spacial score (nSPS) is 11.3. The van der Waals surface area contributed by atoms with Crippen LogP contribution in [0.25, 0.3) is 0 Å². The summed E-state index contributed by atoms with van der Waals surface area (Å²) >= 11 is 0. The van der Waals surface area contributed by atoms with Crippen LogP contribution in [0.3, 0.4) is 0 Å². The largest absolute Gasteiger partial charge is 0.478 e. The molecule has 0 heterocycles. The lowest BCUT2D eigenvalue weighted by atomic mass is 9.92. The van der Waals surface area contributed by atoms with Crippen molar-refractivity contribution < 1.29 is 24.2 Å². The Morgan fingerprint density at radius 3 is 2.27 bits per heavy atom. The lowest BCUT2D eigenvalue weighted by Gasteiger charge is -2.27. The molecule has 0 saturated carbocycles. The Labute approximate surface area is 129 Å². The predicted octanol–water partition coefficient (Wildman–Crippen LogP) is 2.59. The third-order valence-electron chi connectivity index (χ3n) is 3.47. The van der Waals surface area contributed by atoms with Gasteiger partial charge in [0.25, 0.3) is 5.91 Å². The second-order valence-electron chi connectivity index (χ2n) is 5.41. The molecule has 0 unspecified atom stereocenters. The lowest BCUT2D eigenvalue weighted by Crippen LogP contribution is -2.43. The van der Waals surface area contributed by atoms with E-state index in [1.165, 1.54) is 6.07 Å². The van der Waals surface area contributed by atoms with Crippen LogP contribution in [0.15, 0.2) is 18.2 Å². The molecule has 0 fully saturated rings. The Bertz CT molecular complexity index is 539. The maximum absolute atomic E-state index is 13.8. The van der Waals surface area contributed by atoms with E-state index in [1.807, 2.05) is 13.8 Å². The van der Waals surface area contributed by atoms with Crippen molar-refractivity contribution in [2.45, 2.75) is 45.1 Å². The van der Waals surface area contributed by atoms with Gasteiger partial charge in [0, 0.05) is 6.54 Å². The number of benzene rings is 1. The fourth-order valence-corrected chi connectivity index (χ4v) is 2.40. The fourth-order valence-electron chi connectivity index (χ4n) is 2.40. The van der Waals surface area contributed by atoms with Crippen molar-refractivity contribution in [3.8, 4) is 0 Å². The molecular formula is C16H22FNO4. The van der Waals surface area contributed by atoms with E-state index >= 15 is 0 Å². The van der Waals surface area contributed by atoms with Gasteiger partial charge in [-0.3, -0.25) is 4.79 Å². The van der Waals surface area contributed by atoms with Crippen molar-refractivity contribution in [2.24, 2.45) is 0 Å². The average molecular weight is 311 g/mol. The summed E-state index contributed by atoms with van der Waals surface area (Å²) in [5, 5.41) is 21.7. The zero-order chi connectivity index (χ0) is 16.8. The third-order valence-corrected chi connectivity index (χ3v) is 3.47. The van der Waals surface area contributed by atoms with Crippen LogP contribution in [0.5, 0.6) is 0 Å². The molecule has 1 rings (SSSR count). The monoisotopic (exact) mass is 311 g/mol. The van der Waals surface area contributed by atoms with Crippen molar-refractivity contribution in [1.29, 1.82) is 0 Å². The SMILES string of the molecule is CCCC(O)(CCC)CNC(=O)c1ccc(C(=O)O)cc1F. The molecule has 0 radical (unpaired) electrons. The van der Waals surface area contributed by atoms with Gasteiger partial charge in [0.1, 0.15) is 5.82 Å². The molecule has 1 aromatic carbocycles. The number of aromatic carboxylic acids is 1. The predicted molar refractivity (Wildman–Crippen MR) is 80.5 cm³/mol. The maximum Gasteiger partial charge on any atom is 0.335 e. The van der Waals surface area contributed by atoms with Crippen LogP contribution in [0.2, 0.25) is 0 Å². The molecule has 0 spiro atoms. The quantitative estimate of drug-likeness (QED) is 0.688. The van der Waals surface area contributed by atoms with Gasteiger partial charge >= 0.3 is 5.97 Å². The first-order chi connectivity index (χ1) is 10.3. The van der Waals surface area contributed by atoms with E-state index < -0.39 is 23.3 Å². The Hall–Kier alpha value is -1.95. The van der Waals surface area contributed by atoms with Crippen molar-refractivity contribution in [2.75, 3.05) is 6.54 Å². The van der Waals surface area contributed by atoms with E-state index in [0.717, 1.165) is 25.0 Å². The second kappa shape index (κ2) is 7.89. The minimum Gasteiger partial charge on any atom is -0.478 e. The number of hydrogen-bond donors (Lipinski definition) is 3. The molecule has 22 heavy (non-hydrogen) atoms. The molecular weight excluding hydrogens is 289 g/mol. The number of halogens is 1. The fraction of sp³-hybridized carbons (Fsp3) is 0.500. The van der Waals surface area contributed by atoms with Crippen molar-refractivity contribution in [1.82, 2.24) is 5.32 Å². The topological polar surface area (TPSA) is 86.6 Å². The first-order valence-corrected chi connectivity index (χ1v) is 7.36. The standard InChI is InChI=1S/C16H22FNO4/c1-3-7-16(22,8-4-2)10-18-14(19)12-6-5-11(15(20)21)9-13(12)17/h5-6,9,22H,3-4,7-8,10H2,1-2H3,(H,18,19)(H,20,21). The van der Waals surface area contributed by atoms with Crippen molar-refractivity contribution in [3.05, 3.63) is 35.1 Å². The van der Waals surface area contributed by atoms with Gasteiger partial charge in [-0.25, -0.2) is 9.18 Å². The molecule has 0 aliphatic rings. The minimum atomic E-state index is -1.26. The number of nitrogens with one attached hydrogen (secondary N) is 1. The smallest absolute Gasteiger partial charge is 0.335 e. The number of hydrogen-bond acceptors (Lipinski definition) is 3. The van der Waals surface area contributed by atoms with Crippen LogP contribution in [-0.2, 0) is 0 Å². The molecule has 0 atom stereocenters. The summed E-state index contributed by atoms with van der Waals surface area (Å²) < 4.78 is 13.8. The highest BCUT2D eigenvalue weighted by Gasteiger charge is 2.26. The van der Waals surface area contributed by atoms with Gasteiger partial charge in [-0.2, -0.15) is 0 Å². The van der Waals surface area contributed by atoms with Crippen LogP contribution in [-0.4, -0.2) is 34.2 Å². The summed E-state index contributed by atoms with van der Waals surface area (Å²) in [6, 6.07) is 3.11. The molecule has 0 aliphatic carbocycles. The molecule has 6 heteroatoms. The lowest BCUT2D eigenvalue weighted by molar-refractivity contribution is 0.0212. The molecule has 1 aromatic rings. The van der Waals surface area contributed by atoms with Gasteiger partial charge in [0.15, 0.2) is 0 Å². The van der Waals surface area contributed by atoms with E-state index in [2.05, 4.69) is 5.32 Å². The van der Waals surface area contributed by atoms with Gasteiger partial charge in [0.2, 0.25) is 0 Å². The first-order valence-electron chi connectivity index (χ1n) is 7.36. The van der Waals surface area contributed by atoms with Crippen LogP contribution in [0, 0.1) is 5.82 Å². The van der Waals surface area contributed by atoms with E-state index in [0.29, 0.717) is 12.8 Å². The highest BCUT2D eigenvalue weighted by atomic mass is 19.1. The number of amides is 1. The number of carbonyl (C=O) groups excluding carboxylic acids is 1. The summed E-state index contributed by atoms with van der Waals surface area (Å²) in [7, 11) is 0. The van der Waals surface area contributed by atoms with Crippen molar-refractivity contribution in [3.63, 3.8) is 0 Å². The van der Waals surface area contributed by atoms with Crippen LogP contribution in [0.1, 0.15) is 60.2 Å². The van der Waals surface area contributed by atoms with E-state index in [1.54, 1.807) is 0 Å². The van der Waals surface area contributed by atoms with Gasteiger partial charge in [-0.05, 0) is 31.0 Å². The zero-order valence-electron chi connectivity index (χ0n) is 12.9. The summed E-state index contributed by atoms with van der Waals surface area (Å²) in [5.41, 5.74) is -1.46. The Balaban J connectivity index is 2.78. The number of carbonyl (C=O) groups is 2. The molecule has 0 bridgehead atoms. The van der Waals surface area contributed by atoms with Gasteiger partial charge in [0.05, 0.1) is 16.7 Å². The summed E-state index contributed by atoms with van der Waals surface area (Å²) in [5.74, 6) is -2.82.